The highest BCUT2D eigenvalue weighted by atomic mass is 32.2. The lowest BCUT2D eigenvalue weighted by Gasteiger charge is -2.20. The molecule has 1 fully saturated rings. The van der Waals surface area contributed by atoms with Crippen LogP contribution in [-0.4, -0.2) is 56.0 Å². The van der Waals surface area contributed by atoms with Gasteiger partial charge in [-0.1, -0.05) is 0 Å². The molecule has 0 bridgehead atoms. The first-order valence-corrected chi connectivity index (χ1v) is 7.62. The van der Waals surface area contributed by atoms with Gasteiger partial charge in [0.15, 0.2) is 0 Å². The van der Waals surface area contributed by atoms with Crippen LogP contribution in [0.4, 0.5) is 5.69 Å². The second-order valence-electron chi connectivity index (χ2n) is 4.78. The van der Waals surface area contributed by atoms with E-state index in [4.69, 9.17) is 5.73 Å². The summed E-state index contributed by atoms with van der Waals surface area (Å²) in [7, 11) is -1.55. The van der Waals surface area contributed by atoms with Crippen molar-refractivity contribution in [2.45, 2.75) is 11.3 Å². The number of benzene rings is 1. The maximum Gasteiger partial charge on any atom is 0.243 e. The zero-order valence-electron chi connectivity index (χ0n) is 10.9. The van der Waals surface area contributed by atoms with Crippen molar-refractivity contribution in [3.8, 4) is 5.75 Å². The molecule has 1 heterocycles. The van der Waals surface area contributed by atoms with Gasteiger partial charge in [0.25, 0.3) is 0 Å². The van der Waals surface area contributed by atoms with Crippen LogP contribution in [0.2, 0.25) is 0 Å². The number of likely N-dealkylation sites (N-methyl/N-ethyl adjacent to an activating group) is 1. The Morgan fingerprint density at radius 1 is 1.21 bits per heavy atom. The smallest absolute Gasteiger partial charge is 0.243 e. The van der Waals surface area contributed by atoms with Gasteiger partial charge in [-0.15, -0.1) is 0 Å². The minimum Gasteiger partial charge on any atom is -0.506 e. The van der Waals surface area contributed by atoms with Crippen LogP contribution in [0, 0.1) is 0 Å². The Kier molecular flexibility index (Phi) is 3.98. The predicted molar refractivity (Wildman–Crippen MR) is 73.4 cm³/mol. The Bertz CT molecular complexity index is 559. The van der Waals surface area contributed by atoms with Crippen LogP contribution in [0.3, 0.4) is 0 Å². The highest BCUT2D eigenvalue weighted by Gasteiger charge is 2.26. The highest BCUT2D eigenvalue weighted by Crippen LogP contribution is 2.25. The quantitative estimate of drug-likeness (QED) is 0.603. The topological polar surface area (TPSA) is 86.9 Å². The highest BCUT2D eigenvalue weighted by molar-refractivity contribution is 7.89. The fourth-order valence-electron chi connectivity index (χ4n) is 2.11. The van der Waals surface area contributed by atoms with Crippen molar-refractivity contribution in [1.29, 1.82) is 0 Å². The number of nitrogens with two attached hydrogens (primary N) is 1. The number of nitrogen functional groups attached to an aromatic ring is 1. The Morgan fingerprint density at radius 2 is 1.95 bits per heavy atom. The Balaban J connectivity index is 2.28. The first kappa shape index (κ1) is 14.1. The van der Waals surface area contributed by atoms with E-state index in [-0.39, 0.29) is 16.3 Å². The number of anilines is 1. The summed E-state index contributed by atoms with van der Waals surface area (Å²) in [6.45, 7) is 2.59. The number of sulfonamides is 1. The molecule has 0 atom stereocenters. The minimum absolute atomic E-state index is 0.0769. The number of phenolic OH excluding ortho intramolecular Hbond substituents is 1. The second-order valence-corrected chi connectivity index (χ2v) is 6.72. The van der Waals surface area contributed by atoms with E-state index in [1.165, 1.54) is 22.5 Å². The van der Waals surface area contributed by atoms with Gasteiger partial charge >= 0.3 is 0 Å². The maximum atomic E-state index is 12.5. The molecular weight excluding hydrogens is 266 g/mol. The van der Waals surface area contributed by atoms with Crippen molar-refractivity contribution < 1.29 is 13.5 Å². The van der Waals surface area contributed by atoms with Crippen LogP contribution in [0.5, 0.6) is 5.75 Å². The van der Waals surface area contributed by atoms with Crippen molar-refractivity contribution in [1.82, 2.24) is 9.21 Å². The average molecular weight is 285 g/mol. The largest absolute Gasteiger partial charge is 0.506 e. The minimum atomic E-state index is -3.53. The van der Waals surface area contributed by atoms with Crippen LogP contribution in [0.15, 0.2) is 23.1 Å². The first-order valence-electron chi connectivity index (χ1n) is 6.18. The van der Waals surface area contributed by atoms with Crippen molar-refractivity contribution in [3.05, 3.63) is 18.2 Å². The number of nitrogens with zero attached hydrogens (tertiary/aromatic N) is 2. The van der Waals surface area contributed by atoms with Gasteiger partial charge in [0.1, 0.15) is 5.75 Å². The molecule has 0 aromatic heterocycles. The molecule has 0 saturated carbocycles. The van der Waals surface area contributed by atoms with Gasteiger partial charge in [-0.2, -0.15) is 4.31 Å². The van der Waals surface area contributed by atoms with E-state index in [2.05, 4.69) is 4.90 Å². The molecule has 1 aliphatic rings. The van der Waals surface area contributed by atoms with E-state index in [1.54, 1.807) is 0 Å². The fraction of sp³-hybridized carbons (Fsp3) is 0.500. The van der Waals surface area contributed by atoms with E-state index < -0.39 is 10.0 Å². The van der Waals surface area contributed by atoms with Crippen LogP contribution >= 0.6 is 0 Å². The summed E-state index contributed by atoms with van der Waals surface area (Å²) in [4.78, 5) is 2.24. The summed E-state index contributed by atoms with van der Waals surface area (Å²) in [5.74, 6) is -0.102. The Hall–Kier alpha value is -1.31. The average Bonchev–Trinajstić information content (AvgIpc) is 2.57. The molecule has 1 aromatic rings. The second kappa shape index (κ2) is 5.36. The van der Waals surface area contributed by atoms with Gasteiger partial charge in [0.2, 0.25) is 10.0 Å². The third-order valence-corrected chi connectivity index (χ3v) is 5.21. The molecule has 7 heteroatoms. The third kappa shape index (κ3) is 2.99. The van der Waals surface area contributed by atoms with Gasteiger partial charge in [-0.3, -0.25) is 0 Å². The van der Waals surface area contributed by atoms with E-state index in [1.807, 2.05) is 7.05 Å². The van der Waals surface area contributed by atoms with Crippen molar-refractivity contribution in [3.63, 3.8) is 0 Å². The molecule has 6 nitrogen and oxygen atoms in total. The van der Waals surface area contributed by atoms with Gasteiger partial charge in [0.05, 0.1) is 10.6 Å². The molecule has 0 spiro atoms. The number of aromatic hydroxyl groups is 1. The van der Waals surface area contributed by atoms with Crippen LogP contribution < -0.4 is 5.73 Å². The molecule has 0 amide bonds. The molecule has 1 aromatic carbocycles. The van der Waals surface area contributed by atoms with Crippen molar-refractivity contribution in [2.75, 3.05) is 39.0 Å². The van der Waals surface area contributed by atoms with E-state index in [9.17, 15) is 13.5 Å². The number of phenols is 1. The number of hydrogen-bond acceptors (Lipinski definition) is 5. The van der Waals surface area contributed by atoms with Gasteiger partial charge in [-0.25, -0.2) is 8.42 Å². The normalized spacial score (nSPS) is 19.2. The van der Waals surface area contributed by atoms with E-state index in [0.717, 1.165) is 13.0 Å². The van der Waals surface area contributed by atoms with Gasteiger partial charge in [0, 0.05) is 19.6 Å². The first-order chi connectivity index (χ1) is 8.91. The maximum absolute atomic E-state index is 12.5. The lowest BCUT2D eigenvalue weighted by atomic mass is 10.3. The summed E-state index contributed by atoms with van der Waals surface area (Å²) in [5, 5.41) is 9.36. The molecule has 1 saturated heterocycles. The van der Waals surface area contributed by atoms with E-state index in [0.29, 0.717) is 19.6 Å². The third-order valence-electron chi connectivity index (χ3n) is 3.32. The number of hydrogen-bond donors (Lipinski definition) is 2. The molecule has 19 heavy (non-hydrogen) atoms. The molecule has 2 rings (SSSR count). The molecule has 0 radical (unpaired) electrons. The van der Waals surface area contributed by atoms with Crippen LogP contribution in [0.25, 0.3) is 0 Å². The zero-order valence-corrected chi connectivity index (χ0v) is 11.7. The summed E-state index contributed by atoms with van der Waals surface area (Å²) in [6, 6.07) is 4.00. The molecule has 106 valence electrons. The summed E-state index contributed by atoms with van der Waals surface area (Å²) in [6.07, 6.45) is 0.809. The van der Waals surface area contributed by atoms with Crippen molar-refractivity contribution in [2.24, 2.45) is 0 Å². The number of rotatable bonds is 2. The van der Waals surface area contributed by atoms with Crippen LogP contribution in [0.1, 0.15) is 6.42 Å². The summed E-state index contributed by atoms with van der Waals surface area (Å²) >= 11 is 0. The summed E-state index contributed by atoms with van der Waals surface area (Å²) in [5.41, 5.74) is 5.64. The van der Waals surface area contributed by atoms with Crippen molar-refractivity contribution >= 4 is 15.7 Å². The molecule has 1 aliphatic heterocycles. The monoisotopic (exact) mass is 285 g/mol. The summed E-state index contributed by atoms with van der Waals surface area (Å²) < 4.78 is 26.4. The standard InChI is InChI=1S/C12H19N3O3S/c1-14-5-2-6-15(8-7-14)19(17,18)10-3-4-12(16)11(13)9-10/h3-4,9,16H,2,5-8,13H2,1H3. The fourth-order valence-corrected chi connectivity index (χ4v) is 3.61. The lowest BCUT2D eigenvalue weighted by Crippen LogP contribution is -2.34. The molecule has 0 unspecified atom stereocenters. The van der Waals surface area contributed by atoms with E-state index >= 15 is 0 Å². The van der Waals surface area contributed by atoms with Gasteiger partial charge < -0.3 is 15.7 Å². The molecule has 0 aliphatic carbocycles. The zero-order chi connectivity index (χ0) is 14.0. The predicted octanol–water partition coefficient (Wildman–Crippen LogP) is 0.301. The van der Waals surface area contributed by atoms with Gasteiger partial charge in [-0.05, 0) is 38.2 Å². The van der Waals surface area contributed by atoms with Crippen LogP contribution in [-0.2, 0) is 10.0 Å². The lowest BCUT2D eigenvalue weighted by molar-refractivity contribution is 0.347. The molecule has 3 N–H and O–H groups in total. The Morgan fingerprint density at radius 3 is 2.63 bits per heavy atom. The Labute approximate surface area is 113 Å². The SMILES string of the molecule is CN1CCCN(S(=O)(=O)c2ccc(O)c(N)c2)CC1. The molecular formula is C12H19N3O3S.